The Morgan fingerprint density at radius 3 is 2.62 bits per heavy atom. The maximum atomic E-state index is 13.1. The van der Waals surface area contributed by atoms with Crippen LogP contribution in [0.3, 0.4) is 0 Å². The second kappa shape index (κ2) is 10.6. The average molecular weight is 492 g/mol. The van der Waals surface area contributed by atoms with E-state index in [4.69, 9.17) is 22.1 Å². The van der Waals surface area contributed by atoms with Crippen LogP contribution in [0.4, 0.5) is 0 Å². The van der Waals surface area contributed by atoms with Gasteiger partial charge in [0.1, 0.15) is 15.8 Å². The predicted molar refractivity (Wildman–Crippen MR) is 144 cm³/mol. The lowest BCUT2D eigenvalue weighted by Gasteiger charge is -2.16. The van der Waals surface area contributed by atoms with Crippen LogP contribution in [0.1, 0.15) is 38.3 Å². The molecule has 1 aromatic heterocycles. The number of amides is 1. The number of carbonyl (C=O) groups is 1. The molecule has 1 fully saturated rings. The smallest absolute Gasteiger partial charge is 0.266 e. The van der Waals surface area contributed by atoms with Gasteiger partial charge in [0, 0.05) is 23.9 Å². The first kappa shape index (κ1) is 24.2. The number of nitrogens with zero attached hydrogens (tertiary/aromatic N) is 3. The topological polar surface area (TPSA) is 47.4 Å². The summed E-state index contributed by atoms with van der Waals surface area (Å²) >= 11 is 6.85. The number of benzene rings is 2. The van der Waals surface area contributed by atoms with E-state index in [9.17, 15) is 4.79 Å². The Hall–Kier alpha value is -2.90. The zero-order valence-electron chi connectivity index (χ0n) is 19.9. The Labute approximate surface area is 210 Å². The number of hydrogen-bond acceptors (Lipinski definition) is 5. The van der Waals surface area contributed by atoms with Gasteiger partial charge in [0.25, 0.3) is 5.91 Å². The number of aromatic nitrogens is 2. The van der Waals surface area contributed by atoms with Crippen LogP contribution in [0, 0.1) is 12.8 Å². The molecule has 2 aromatic carbocycles. The monoisotopic (exact) mass is 491 g/mol. The second-order valence-electron chi connectivity index (χ2n) is 8.73. The van der Waals surface area contributed by atoms with Crippen molar-refractivity contribution in [2.45, 2.75) is 34.1 Å². The molecule has 2 heterocycles. The van der Waals surface area contributed by atoms with E-state index < -0.39 is 0 Å². The summed E-state index contributed by atoms with van der Waals surface area (Å²) in [5, 5.41) is 4.90. The van der Waals surface area contributed by atoms with Gasteiger partial charge in [-0.25, -0.2) is 4.68 Å². The molecule has 0 N–H and O–H groups in total. The highest BCUT2D eigenvalue weighted by atomic mass is 32.2. The molecule has 0 aliphatic carbocycles. The first-order valence-corrected chi connectivity index (χ1v) is 12.7. The molecule has 176 valence electrons. The lowest BCUT2D eigenvalue weighted by atomic mass is 10.0. The summed E-state index contributed by atoms with van der Waals surface area (Å²) in [7, 11) is 0. The minimum Gasteiger partial charge on any atom is -0.493 e. The van der Waals surface area contributed by atoms with E-state index in [-0.39, 0.29) is 5.91 Å². The predicted octanol–water partition coefficient (Wildman–Crippen LogP) is 6.49. The molecule has 1 saturated heterocycles. The Kier molecular flexibility index (Phi) is 7.54. The van der Waals surface area contributed by atoms with Crippen LogP contribution < -0.4 is 4.74 Å². The van der Waals surface area contributed by atoms with Crippen LogP contribution in [-0.4, -0.2) is 38.1 Å². The average Bonchev–Trinajstić information content (AvgIpc) is 3.35. The summed E-state index contributed by atoms with van der Waals surface area (Å²) in [5.74, 6) is 1.18. The lowest BCUT2D eigenvalue weighted by molar-refractivity contribution is -0.122. The van der Waals surface area contributed by atoms with Gasteiger partial charge in [-0.05, 0) is 61.2 Å². The van der Waals surface area contributed by atoms with Gasteiger partial charge in [0.05, 0.1) is 17.2 Å². The number of ether oxygens (including phenoxy) is 1. The van der Waals surface area contributed by atoms with Crippen LogP contribution in [0.15, 0.2) is 59.6 Å². The molecule has 1 aliphatic heterocycles. The Balaban J connectivity index is 1.76. The molecule has 7 heteroatoms. The van der Waals surface area contributed by atoms with Gasteiger partial charge in [-0.15, -0.1) is 0 Å². The molecule has 0 spiro atoms. The number of rotatable bonds is 8. The molecule has 3 aromatic rings. The van der Waals surface area contributed by atoms with Gasteiger partial charge in [-0.2, -0.15) is 5.10 Å². The standard InChI is InChI=1S/C27H29N3O2S2/c1-5-13-32-23-12-11-20(14-19(23)4)25-21(17-30(28-25)22-9-7-6-8-10-22)15-24-26(31)29(16-18(2)3)27(33)34-24/h6-12,14-15,17-18H,5,13,16H2,1-4H3/b24-15-. The van der Waals surface area contributed by atoms with E-state index in [1.54, 1.807) is 4.90 Å². The van der Waals surface area contributed by atoms with Gasteiger partial charge >= 0.3 is 0 Å². The molecular formula is C27H29N3O2S2. The van der Waals surface area contributed by atoms with Crippen molar-refractivity contribution in [2.24, 2.45) is 5.92 Å². The fourth-order valence-corrected chi connectivity index (χ4v) is 5.03. The maximum absolute atomic E-state index is 13.1. The van der Waals surface area contributed by atoms with Crippen molar-refractivity contribution in [3.05, 3.63) is 70.8 Å². The number of para-hydroxylation sites is 1. The first-order valence-electron chi connectivity index (χ1n) is 11.5. The van der Waals surface area contributed by atoms with Crippen molar-refractivity contribution < 1.29 is 9.53 Å². The molecule has 0 atom stereocenters. The molecular weight excluding hydrogens is 462 g/mol. The summed E-state index contributed by atoms with van der Waals surface area (Å²) in [6, 6.07) is 16.1. The number of thioether (sulfide) groups is 1. The highest BCUT2D eigenvalue weighted by Crippen LogP contribution is 2.36. The molecule has 4 rings (SSSR count). The first-order chi connectivity index (χ1) is 16.4. The highest BCUT2D eigenvalue weighted by molar-refractivity contribution is 8.26. The maximum Gasteiger partial charge on any atom is 0.266 e. The largest absolute Gasteiger partial charge is 0.493 e. The van der Waals surface area contributed by atoms with Crippen LogP contribution in [-0.2, 0) is 4.79 Å². The van der Waals surface area contributed by atoms with Crippen LogP contribution in [0.25, 0.3) is 23.0 Å². The van der Waals surface area contributed by atoms with Crippen molar-refractivity contribution in [3.63, 3.8) is 0 Å². The van der Waals surface area contributed by atoms with Gasteiger partial charge in [0.2, 0.25) is 0 Å². The Morgan fingerprint density at radius 1 is 1.18 bits per heavy atom. The molecule has 0 bridgehead atoms. The zero-order valence-corrected chi connectivity index (χ0v) is 21.6. The third-order valence-corrected chi connectivity index (χ3v) is 6.76. The molecule has 0 radical (unpaired) electrons. The minimum absolute atomic E-state index is 0.0402. The lowest BCUT2D eigenvalue weighted by Crippen LogP contribution is -2.31. The SMILES string of the molecule is CCCOc1ccc(-c2nn(-c3ccccc3)cc2/C=C2\SC(=S)N(CC(C)C)C2=O)cc1C. The van der Waals surface area contributed by atoms with Crippen molar-refractivity contribution in [1.82, 2.24) is 14.7 Å². The summed E-state index contributed by atoms with van der Waals surface area (Å²) in [4.78, 5) is 15.4. The quantitative estimate of drug-likeness (QED) is 0.266. The van der Waals surface area contributed by atoms with Crippen LogP contribution in [0.5, 0.6) is 5.75 Å². The Bertz CT molecular complexity index is 1230. The number of thiocarbonyl (C=S) groups is 1. The van der Waals surface area contributed by atoms with E-state index >= 15 is 0 Å². The molecule has 1 amide bonds. The van der Waals surface area contributed by atoms with E-state index in [1.807, 2.05) is 66.3 Å². The fourth-order valence-electron chi connectivity index (χ4n) is 3.76. The third kappa shape index (κ3) is 5.26. The minimum atomic E-state index is -0.0402. The van der Waals surface area contributed by atoms with E-state index in [1.165, 1.54) is 11.8 Å². The zero-order chi connectivity index (χ0) is 24.2. The molecule has 5 nitrogen and oxygen atoms in total. The van der Waals surface area contributed by atoms with Crippen molar-refractivity contribution >= 4 is 40.3 Å². The van der Waals surface area contributed by atoms with Crippen molar-refractivity contribution in [2.75, 3.05) is 13.2 Å². The van der Waals surface area contributed by atoms with E-state index in [0.29, 0.717) is 28.3 Å². The van der Waals surface area contributed by atoms with E-state index in [2.05, 4.69) is 26.8 Å². The fraction of sp³-hybridized carbons (Fsp3) is 0.296. The Morgan fingerprint density at radius 2 is 1.94 bits per heavy atom. The number of carbonyl (C=O) groups excluding carboxylic acids is 1. The van der Waals surface area contributed by atoms with Gasteiger partial charge in [-0.3, -0.25) is 9.69 Å². The number of aryl methyl sites for hydroxylation is 1. The number of hydrogen-bond donors (Lipinski definition) is 0. The van der Waals surface area contributed by atoms with Gasteiger partial charge in [-0.1, -0.05) is 63.0 Å². The molecule has 0 saturated carbocycles. The van der Waals surface area contributed by atoms with Gasteiger partial charge in [0.15, 0.2) is 0 Å². The van der Waals surface area contributed by atoms with Gasteiger partial charge < -0.3 is 4.74 Å². The molecule has 1 aliphatic rings. The summed E-state index contributed by atoms with van der Waals surface area (Å²) < 4.78 is 8.31. The third-order valence-electron chi connectivity index (χ3n) is 5.38. The summed E-state index contributed by atoms with van der Waals surface area (Å²) in [6.45, 7) is 9.61. The summed E-state index contributed by atoms with van der Waals surface area (Å²) in [6.07, 6.45) is 4.84. The summed E-state index contributed by atoms with van der Waals surface area (Å²) in [5.41, 5.74) is 4.66. The molecule has 0 unspecified atom stereocenters. The molecule has 34 heavy (non-hydrogen) atoms. The van der Waals surface area contributed by atoms with Crippen LogP contribution in [0.2, 0.25) is 0 Å². The van der Waals surface area contributed by atoms with E-state index in [0.717, 1.165) is 40.2 Å². The van der Waals surface area contributed by atoms with Crippen LogP contribution >= 0.6 is 24.0 Å². The van der Waals surface area contributed by atoms with Crippen molar-refractivity contribution in [1.29, 1.82) is 0 Å². The van der Waals surface area contributed by atoms with Crippen molar-refractivity contribution in [3.8, 4) is 22.7 Å². The highest BCUT2D eigenvalue weighted by Gasteiger charge is 2.32. The normalized spacial score (nSPS) is 15.1. The second-order valence-corrected chi connectivity index (χ2v) is 10.4.